The predicted molar refractivity (Wildman–Crippen MR) is 100 cm³/mol. The lowest BCUT2D eigenvalue weighted by Gasteiger charge is -2.17. The number of hydrogen-bond donors (Lipinski definition) is 0. The van der Waals surface area contributed by atoms with Crippen molar-refractivity contribution in [2.24, 2.45) is 7.05 Å². The molecule has 0 spiro atoms. The largest absolute Gasteiger partial charge is 0.312 e. The second-order valence-electron chi connectivity index (χ2n) is 5.90. The molecule has 4 rings (SSSR count). The Kier molecular flexibility index (Phi) is 4.30. The zero-order valence-corrected chi connectivity index (χ0v) is 15.6. The van der Waals surface area contributed by atoms with Gasteiger partial charge in [-0.2, -0.15) is 0 Å². The van der Waals surface area contributed by atoms with E-state index in [2.05, 4.69) is 32.7 Å². The third-order valence-corrected chi connectivity index (χ3v) is 5.98. The summed E-state index contributed by atoms with van der Waals surface area (Å²) in [4.78, 5) is 19.0. The van der Waals surface area contributed by atoms with Gasteiger partial charge in [0.05, 0.1) is 16.5 Å². The first-order chi connectivity index (χ1) is 12.1. The Morgan fingerprint density at radius 2 is 2.28 bits per heavy atom. The van der Waals surface area contributed by atoms with Gasteiger partial charge in [-0.3, -0.25) is 4.79 Å². The lowest BCUT2D eigenvalue weighted by atomic mass is 10.1. The number of thioether (sulfide) groups is 1. The Morgan fingerprint density at radius 1 is 1.40 bits per heavy atom. The molecule has 0 atom stereocenters. The van der Waals surface area contributed by atoms with E-state index in [9.17, 15) is 4.79 Å². The summed E-state index contributed by atoms with van der Waals surface area (Å²) in [5, 5.41) is 11.7. The van der Waals surface area contributed by atoms with E-state index < -0.39 is 0 Å². The molecule has 0 bridgehead atoms. The van der Waals surface area contributed by atoms with Gasteiger partial charge in [0.1, 0.15) is 6.33 Å². The zero-order chi connectivity index (χ0) is 17.4. The number of fused-ring (bicyclic) bond motifs is 1. The summed E-state index contributed by atoms with van der Waals surface area (Å²) < 4.78 is 1.82. The summed E-state index contributed by atoms with van der Waals surface area (Å²) in [5.74, 6) is 0.461. The molecule has 0 unspecified atom stereocenters. The maximum Gasteiger partial charge on any atom is 0.237 e. The number of aromatic nitrogens is 4. The van der Waals surface area contributed by atoms with Crippen molar-refractivity contribution in [3.8, 4) is 11.3 Å². The van der Waals surface area contributed by atoms with E-state index in [0.717, 1.165) is 40.1 Å². The SMILES string of the molecule is Cc1nc(-c2ccc3c(c2)CCN3C(=O)CSc2nncn2C)cs1. The molecule has 6 nitrogen and oxygen atoms in total. The van der Waals surface area contributed by atoms with Gasteiger partial charge in [0, 0.05) is 30.2 Å². The summed E-state index contributed by atoms with van der Waals surface area (Å²) in [6.45, 7) is 2.74. The maximum atomic E-state index is 12.6. The number of anilines is 1. The van der Waals surface area contributed by atoms with E-state index in [-0.39, 0.29) is 5.91 Å². The Hall–Kier alpha value is -2.19. The van der Waals surface area contributed by atoms with Crippen molar-refractivity contribution in [2.45, 2.75) is 18.5 Å². The molecule has 3 heterocycles. The Labute approximate surface area is 153 Å². The van der Waals surface area contributed by atoms with Gasteiger partial charge in [-0.1, -0.05) is 17.8 Å². The number of benzene rings is 1. The topological polar surface area (TPSA) is 63.9 Å². The Morgan fingerprint density at radius 3 is 3.00 bits per heavy atom. The average Bonchev–Trinajstić information content (AvgIpc) is 3.32. The number of hydrogen-bond acceptors (Lipinski definition) is 6. The van der Waals surface area contributed by atoms with Crippen molar-refractivity contribution >= 4 is 34.7 Å². The van der Waals surface area contributed by atoms with Crippen molar-refractivity contribution in [3.63, 3.8) is 0 Å². The van der Waals surface area contributed by atoms with Crippen LogP contribution in [0, 0.1) is 6.92 Å². The van der Waals surface area contributed by atoms with Crippen LogP contribution in [-0.4, -0.2) is 38.0 Å². The summed E-state index contributed by atoms with van der Waals surface area (Å²) in [6, 6.07) is 6.25. The molecule has 8 heteroatoms. The first kappa shape index (κ1) is 16.3. The fourth-order valence-corrected chi connectivity index (χ4v) is 4.31. The zero-order valence-electron chi connectivity index (χ0n) is 14.0. The van der Waals surface area contributed by atoms with Gasteiger partial charge in [-0.15, -0.1) is 21.5 Å². The van der Waals surface area contributed by atoms with Gasteiger partial charge in [0.2, 0.25) is 5.91 Å². The monoisotopic (exact) mass is 371 g/mol. The van der Waals surface area contributed by atoms with Gasteiger partial charge >= 0.3 is 0 Å². The van der Waals surface area contributed by atoms with Crippen LogP contribution >= 0.6 is 23.1 Å². The van der Waals surface area contributed by atoms with Crippen LogP contribution in [0.2, 0.25) is 0 Å². The summed E-state index contributed by atoms with van der Waals surface area (Å²) >= 11 is 3.07. The molecule has 0 radical (unpaired) electrons. The lowest BCUT2D eigenvalue weighted by molar-refractivity contribution is -0.116. The number of nitrogens with zero attached hydrogens (tertiary/aromatic N) is 5. The normalized spacial score (nSPS) is 13.3. The molecule has 0 N–H and O–H groups in total. The molecule has 0 aliphatic carbocycles. The highest BCUT2D eigenvalue weighted by Crippen LogP contribution is 2.33. The maximum absolute atomic E-state index is 12.6. The highest BCUT2D eigenvalue weighted by molar-refractivity contribution is 7.99. The summed E-state index contributed by atoms with van der Waals surface area (Å²) in [7, 11) is 1.87. The van der Waals surface area contributed by atoms with Crippen molar-refractivity contribution in [3.05, 3.63) is 40.5 Å². The summed E-state index contributed by atoms with van der Waals surface area (Å²) in [6.07, 6.45) is 2.52. The average molecular weight is 371 g/mol. The van der Waals surface area contributed by atoms with Gasteiger partial charge in [0.15, 0.2) is 5.16 Å². The number of carbonyl (C=O) groups excluding carboxylic acids is 1. The smallest absolute Gasteiger partial charge is 0.237 e. The second kappa shape index (κ2) is 6.61. The molecular formula is C17H17N5OS2. The molecule has 1 aliphatic heterocycles. The summed E-state index contributed by atoms with van der Waals surface area (Å²) in [5.41, 5.74) is 4.35. The number of aryl methyl sites for hydroxylation is 2. The molecule has 0 saturated carbocycles. The third-order valence-electron chi connectivity index (χ3n) is 4.19. The fourth-order valence-electron chi connectivity index (χ4n) is 2.92. The molecule has 25 heavy (non-hydrogen) atoms. The standard InChI is InChI=1S/C17H17N5OS2/c1-11-19-14(8-24-11)12-3-4-15-13(7-12)5-6-22(15)16(23)9-25-17-20-18-10-21(17)2/h3-4,7-8,10H,5-6,9H2,1-2H3. The molecular weight excluding hydrogens is 354 g/mol. The van der Waals surface area contributed by atoms with E-state index >= 15 is 0 Å². The third kappa shape index (κ3) is 3.19. The lowest BCUT2D eigenvalue weighted by Crippen LogP contribution is -2.30. The molecule has 1 aromatic carbocycles. The minimum absolute atomic E-state index is 0.101. The van der Waals surface area contributed by atoms with Gasteiger partial charge in [-0.05, 0) is 31.0 Å². The first-order valence-electron chi connectivity index (χ1n) is 7.94. The van der Waals surface area contributed by atoms with Gasteiger partial charge in [0.25, 0.3) is 0 Å². The van der Waals surface area contributed by atoms with Gasteiger partial charge in [-0.25, -0.2) is 4.98 Å². The van der Waals surface area contributed by atoms with E-state index in [1.54, 1.807) is 17.7 Å². The number of amides is 1. The highest BCUT2D eigenvalue weighted by atomic mass is 32.2. The molecule has 0 fully saturated rings. The predicted octanol–water partition coefficient (Wildman–Crippen LogP) is 2.93. The first-order valence-corrected chi connectivity index (χ1v) is 9.81. The minimum Gasteiger partial charge on any atom is -0.312 e. The Balaban J connectivity index is 1.49. The van der Waals surface area contributed by atoms with Crippen LogP contribution in [0.1, 0.15) is 10.6 Å². The minimum atomic E-state index is 0.101. The quantitative estimate of drug-likeness (QED) is 0.660. The van der Waals surface area contributed by atoms with E-state index in [0.29, 0.717) is 5.75 Å². The number of thiazole rings is 1. The second-order valence-corrected chi connectivity index (χ2v) is 7.91. The van der Waals surface area contributed by atoms with Crippen molar-refractivity contribution in [2.75, 3.05) is 17.2 Å². The van der Waals surface area contributed by atoms with Crippen LogP contribution in [0.4, 0.5) is 5.69 Å². The number of carbonyl (C=O) groups is 1. The van der Waals surface area contributed by atoms with Crippen LogP contribution in [0.3, 0.4) is 0 Å². The molecule has 2 aromatic heterocycles. The molecule has 1 amide bonds. The van der Waals surface area contributed by atoms with Crippen LogP contribution in [-0.2, 0) is 18.3 Å². The van der Waals surface area contributed by atoms with Crippen LogP contribution in [0.25, 0.3) is 11.3 Å². The Bertz CT molecular complexity index is 933. The number of rotatable bonds is 4. The van der Waals surface area contributed by atoms with Gasteiger partial charge < -0.3 is 9.47 Å². The van der Waals surface area contributed by atoms with E-state index in [4.69, 9.17) is 0 Å². The van der Waals surface area contributed by atoms with E-state index in [1.165, 1.54) is 17.3 Å². The molecule has 3 aromatic rings. The van der Waals surface area contributed by atoms with E-state index in [1.807, 2.05) is 29.5 Å². The van der Waals surface area contributed by atoms with Crippen molar-refractivity contribution in [1.29, 1.82) is 0 Å². The van der Waals surface area contributed by atoms with Crippen LogP contribution in [0.15, 0.2) is 35.1 Å². The fraction of sp³-hybridized carbons (Fsp3) is 0.294. The molecule has 0 saturated heterocycles. The van der Waals surface area contributed by atoms with Crippen LogP contribution < -0.4 is 4.90 Å². The van der Waals surface area contributed by atoms with Crippen molar-refractivity contribution in [1.82, 2.24) is 19.7 Å². The van der Waals surface area contributed by atoms with Crippen molar-refractivity contribution < 1.29 is 4.79 Å². The molecule has 1 aliphatic rings. The molecule has 128 valence electrons. The highest BCUT2D eigenvalue weighted by Gasteiger charge is 2.25. The van der Waals surface area contributed by atoms with Crippen LogP contribution in [0.5, 0.6) is 0 Å².